The smallest absolute Gasteiger partial charge is 0.123 e. The van der Waals surface area contributed by atoms with Crippen LogP contribution in [0.15, 0.2) is 24.3 Å². The molecule has 0 fully saturated rings. The van der Waals surface area contributed by atoms with Gasteiger partial charge in [0.25, 0.3) is 0 Å². The average Bonchev–Trinajstić information content (AvgIpc) is 2.29. The lowest BCUT2D eigenvalue weighted by atomic mass is 10.1. The van der Waals surface area contributed by atoms with E-state index in [2.05, 4.69) is 26.1 Å². The molecule has 0 bridgehead atoms. The van der Waals surface area contributed by atoms with Gasteiger partial charge in [-0.1, -0.05) is 26.0 Å². The molecule has 0 aromatic heterocycles. The molecular formula is C14H22FNO. The fraction of sp³-hybridized carbons (Fsp3) is 0.571. The Labute approximate surface area is 103 Å². The van der Waals surface area contributed by atoms with E-state index >= 15 is 0 Å². The Hall–Kier alpha value is -0.930. The zero-order valence-electron chi connectivity index (χ0n) is 10.9. The molecule has 2 nitrogen and oxygen atoms in total. The Morgan fingerprint density at radius 2 is 1.82 bits per heavy atom. The number of hydrogen-bond acceptors (Lipinski definition) is 2. The third-order valence-electron chi connectivity index (χ3n) is 2.52. The van der Waals surface area contributed by atoms with Gasteiger partial charge in [-0.05, 0) is 30.5 Å². The standard InChI is InChI=1S/C14H22FNO/c1-11(2)10-17-9-8-16-12(3)13-4-6-14(15)7-5-13/h4-7,11-12,16H,8-10H2,1-3H3/t12-/m1/s1. The minimum Gasteiger partial charge on any atom is -0.380 e. The molecule has 3 heteroatoms. The molecule has 0 saturated carbocycles. The van der Waals surface area contributed by atoms with Gasteiger partial charge in [0.2, 0.25) is 0 Å². The molecule has 96 valence electrons. The third kappa shape index (κ3) is 5.80. The highest BCUT2D eigenvalue weighted by atomic mass is 19.1. The lowest BCUT2D eigenvalue weighted by Gasteiger charge is -2.14. The Morgan fingerprint density at radius 1 is 1.18 bits per heavy atom. The number of rotatable bonds is 7. The SMILES string of the molecule is CC(C)COCCN[C@H](C)c1ccc(F)cc1. The monoisotopic (exact) mass is 239 g/mol. The summed E-state index contributed by atoms with van der Waals surface area (Å²) in [5.74, 6) is 0.380. The second-order valence-corrected chi connectivity index (χ2v) is 4.70. The van der Waals surface area contributed by atoms with E-state index in [0.29, 0.717) is 12.5 Å². The van der Waals surface area contributed by atoms with Gasteiger partial charge < -0.3 is 10.1 Å². The number of ether oxygens (including phenoxy) is 1. The van der Waals surface area contributed by atoms with Crippen LogP contribution in [-0.4, -0.2) is 19.8 Å². The highest BCUT2D eigenvalue weighted by molar-refractivity contribution is 5.19. The van der Waals surface area contributed by atoms with Crippen molar-refractivity contribution in [1.29, 1.82) is 0 Å². The number of hydrogen-bond donors (Lipinski definition) is 1. The van der Waals surface area contributed by atoms with Crippen molar-refractivity contribution in [3.8, 4) is 0 Å². The first-order valence-electron chi connectivity index (χ1n) is 6.16. The summed E-state index contributed by atoms with van der Waals surface area (Å²) in [6.07, 6.45) is 0. The first kappa shape index (κ1) is 14.1. The Balaban J connectivity index is 2.21. The van der Waals surface area contributed by atoms with E-state index in [0.717, 1.165) is 18.7 Å². The van der Waals surface area contributed by atoms with Gasteiger partial charge in [-0.3, -0.25) is 0 Å². The lowest BCUT2D eigenvalue weighted by molar-refractivity contribution is 0.110. The van der Waals surface area contributed by atoms with Crippen molar-refractivity contribution in [2.45, 2.75) is 26.8 Å². The minimum atomic E-state index is -0.193. The summed E-state index contributed by atoms with van der Waals surface area (Å²) in [6.45, 7) is 8.65. The first-order chi connectivity index (χ1) is 8.09. The van der Waals surface area contributed by atoms with E-state index in [4.69, 9.17) is 4.74 Å². The van der Waals surface area contributed by atoms with Gasteiger partial charge in [0.1, 0.15) is 5.82 Å². The molecule has 0 saturated heterocycles. The van der Waals surface area contributed by atoms with Crippen LogP contribution in [0.5, 0.6) is 0 Å². The Kier molecular flexibility index (Phi) is 6.16. The fourth-order valence-corrected chi connectivity index (χ4v) is 1.54. The summed E-state index contributed by atoms with van der Waals surface area (Å²) in [7, 11) is 0. The van der Waals surface area contributed by atoms with Crippen LogP contribution in [0.4, 0.5) is 4.39 Å². The maximum Gasteiger partial charge on any atom is 0.123 e. The molecule has 0 radical (unpaired) electrons. The topological polar surface area (TPSA) is 21.3 Å². The largest absolute Gasteiger partial charge is 0.380 e. The van der Waals surface area contributed by atoms with Crippen LogP contribution in [0.25, 0.3) is 0 Å². The summed E-state index contributed by atoms with van der Waals surface area (Å²) in [6, 6.07) is 6.81. The van der Waals surface area contributed by atoms with Crippen molar-refractivity contribution in [3.63, 3.8) is 0 Å². The van der Waals surface area contributed by atoms with Gasteiger partial charge in [0, 0.05) is 19.2 Å². The highest BCUT2D eigenvalue weighted by Crippen LogP contribution is 2.12. The van der Waals surface area contributed by atoms with E-state index in [1.165, 1.54) is 12.1 Å². The van der Waals surface area contributed by atoms with Crippen LogP contribution in [0, 0.1) is 11.7 Å². The van der Waals surface area contributed by atoms with E-state index in [1.807, 2.05) is 12.1 Å². The summed E-state index contributed by atoms with van der Waals surface area (Å²) in [5.41, 5.74) is 1.09. The Morgan fingerprint density at radius 3 is 2.41 bits per heavy atom. The molecule has 17 heavy (non-hydrogen) atoms. The molecule has 1 aromatic carbocycles. The highest BCUT2D eigenvalue weighted by Gasteiger charge is 2.04. The zero-order valence-corrected chi connectivity index (χ0v) is 10.9. The van der Waals surface area contributed by atoms with Crippen molar-refractivity contribution in [2.75, 3.05) is 19.8 Å². The maximum atomic E-state index is 12.7. The number of halogens is 1. The van der Waals surface area contributed by atoms with Crippen LogP contribution < -0.4 is 5.32 Å². The van der Waals surface area contributed by atoms with Crippen molar-refractivity contribution >= 4 is 0 Å². The van der Waals surface area contributed by atoms with Crippen LogP contribution >= 0.6 is 0 Å². The van der Waals surface area contributed by atoms with Gasteiger partial charge in [-0.15, -0.1) is 0 Å². The molecular weight excluding hydrogens is 217 g/mol. The van der Waals surface area contributed by atoms with Crippen LogP contribution in [-0.2, 0) is 4.74 Å². The van der Waals surface area contributed by atoms with Crippen molar-refractivity contribution in [1.82, 2.24) is 5.32 Å². The van der Waals surface area contributed by atoms with Gasteiger partial charge in [0.15, 0.2) is 0 Å². The van der Waals surface area contributed by atoms with E-state index in [9.17, 15) is 4.39 Å². The molecule has 1 atom stereocenters. The molecule has 0 aliphatic carbocycles. The minimum absolute atomic E-state index is 0.193. The molecule has 0 aliphatic heterocycles. The second-order valence-electron chi connectivity index (χ2n) is 4.70. The third-order valence-corrected chi connectivity index (χ3v) is 2.52. The Bertz CT molecular complexity index is 311. The predicted molar refractivity (Wildman–Crippen MR) is 68.5 cm³/mol. The van der Waals surface area contributed by atoms with Crippen molar-refractivity contribution < 1.29 is 9.13 Å². The molecule has 0 aliphatic rings. The van der Waals surface area contributed by atoms with Crippen LogP contribution in [0.3, 0.4) is 0 Å². The summed E-state index contributed by atoms with van der Waals surface area (Å²) in [4.78, 5) is 0. The van der Waals surface area contributed by atoms with Crippen LogP contribution in [0.1, 0.15) is 32.4 Å². The number of nitrogens with one attached hydrogen (secondary N) is 1. The number of benzene rings is 1. The van der Waals surface area contributed by atoms with Gasteiger partial charge in [-0.2, -0.15) is 0 Å². The van der Waals surface area contributed by atoms with Crippen molar-refractivity contribution in [2.24, 2.45) is 5.92 Å². The first-order valence-corrected chi connectivity index (χ1v) is 6.16. The predicted octanol–water partition coefficient (Wildman–Crippen LogP) is 3.15. The van der Waals surface area contributed by atoms with E-state index in [1.54, 1.807) is 0 Å². The van der Waals surface area contributed by atoms with Crippen molar-refractivity contribution in [3.05, 3.63) is 35.6 Å². The molecule has 1 rings (SSSR count). The van der Waals surface area contributed by atoms with Gasteiger partial charge in [0.05, 0.1) is 6.61 Å². The molecule has 0 spiro atoms. The molecule has 0 heterocycles. The summed E-state index contributed by atoms with van der Waals surface area (Å²) in [5, 5.41) is 3.34. The normalized spacial score (nSPS) is 13.0. The fourth-order valence-electron chi connectivity index (χ4n) is 1.54. The molecule has 1 aromatic rings. The summed E-state index contributed by atoms with van der Waals surface area (Å²) < 4.78 is 18.2. The lowest BCUT2D eigenvalue weighted by Crippen LogP contribution is -2.23. The average molecular weight is 239 g/mol. The van der Waals surface area contributed by atoms with Gasteiger partial charge >= 0.3 is 0 Å². The molecule has 1 N–H and O–H groups in total. The van der Waals surface area contributed by atoms with Gasteiger partial charge in [-0.25, -0.2) is 4.39 Å². The van der Waals surface area contributed by atoms with Crippen LogP contribution in [0.2, 0.25) is 0 Å². The van der Waals surface area contributed by atoms with E-state index < -0.39 is 0 Å². The molecule has 0 amide bonds. The van der Waals surface area contributed by atoms with E-state index in [-0.39, 0.29) is 11.9 Å². The quantitative estimate of drug-likeness (QED) is 0.738. The maximum absolute atomic E-state index is 12.7. The summed E-state index contributed by atoms with van der Waals surface area (Å²) >= 11 is 0. The second kappa shape index (κ2) is 7.41. The molecule has 0 unspecified atom stereocenters. The zero-order chi connectivity index (χ0) is 12.7.